The molecule has 0 aliphatic rings. The number of nitrogens with zero attached hydrogens (tertiary/aromatic N) is 2. The molecule has 1 amide bonds. The topological polar surface area (TPSA) is 33.2 Å². The molecule has 1 aromatic heterocycles. The van der Waals surface area contributed by atoms with Gasteiger partial charge in [-0.05, 0) is 24.6 Å². The van der Waals surface area contributed by atoms with E-state index in [1.165, 1.54) is 0 Å². The zero-order chi connectivity index (χ0) is 16.9. The molecular weight excluding hydrogens is 296 g/mol. The van der Waals surface area contributed by atoms with Gasteiger partial charge < -0.3 is 4.90 Å². The van der Waals surface area contributed by atoms with Gasteiger partial charge in [-0.15, -0.1) is 0 Å². The van der Waals surface area contributed by atoms with Crippen molar-refractivity contribution in [2.45, 2.75) is 13.5 Å². The maximum atomic E-state index is 12.7. The van der Waals surface area contributed by atoms with Gasteiger partial charge in [-0.2, -0.15) is 0 Å². The second-order valence-corrected chi connectivity index (χ2v) is 5.84. The first-order chi connectivity index (χ1) is 11.6. The van der Waals surface area contributed by atoms with Gasteiger partial charge >= 0.3 is 0 Å². The van der Waals surface area contributed by atoms with Gasteiger partial charge in [-0.25, -0.2) is 0 Å². The van der Waals surface area contributed by atoms with Crippen LogP contribution in [0.1, 0.15) is 21.6 Å². The van der Waals surface area contributed by atoms with Crippen LogP contribution in [-0.2, 0) is 6.54 Å². The lowest BCUT2D eigenvalue weighted by atomic mass is 10.1. The van der Waals surface area contributed by atoms with Crippen molar-refractivity contribution in [3.8, 4) is 11.3 Å². The lowest BCUT2D eigenvalue weighted by Crippen LogP contribution is -2.27. The van der Waals surface area contributed by atoms with E-state index in [0.29, 0.717) is 12.1 Å². The highest BCUT2D eigenvalue weighted by atomic mass is 16.2. The van der Waals surface area contributed by atoms with Gasteiger partial charge in [0.05, 0.1) is 17.0 Å². The molecule has 3 aromatic rings. The summed E-state index contributed by atoms with van der Waals surface area (Å²) in [7, 11) is 1.82. The lowest BCUT2D eigenvalue weighted by Gasteiger charge is -2.18. The largest absolute Gasteiger partial charge is 0.337 e. The Hall–Kier alpha value is -2.94. The Morgan fingerprint density at radius 3 is 2.17 bits per heavy atom. The fourth-order valence-corrected chi connectivity index (χ4v) is 2.69. The quantitative estimate of drug-likeness (QED) is 0.718. The molecule has 3 rings (SSSR count). The smallest absolute Gasteiger partial charge is 0.255 e. The molecule has 0 fully saturated rings. The van der Waals surface area contributed by atoms with Crippen molar-refractivity contribution >= 4 is 5.91 Å². The maximum absolute atomic E-state index is 12.7. The van der Waals surface area contributed by atoms with Crippen molar-refractivity contribution in [3.63, 3.8) is 0 Å². The average molecular weight is 316 g/mol. The van der Waals surface area contributed by atoms with E-state index in [4.69, 9.17) is 0 Å². The monoisotopic (exact) mass is 316 g/mol. The number of hydrogen-bond donors (Lipinski definition) is 0. The highest BCUT2D eigenvalue weighted by Crippen LogP contribution is 2.19. The predicted octanol–water partition coefficient (Wildman–Crippen LogP) is 4.33. The van der Waals surface area contributed by atoms with Crippen molar-refractivity contribution in [2.75, 3.05) is 7.05 Å². The minimum Gasteiger partial charge on any atom is -0.337 e. The number of benzene rings is 2. The second kappa shape index (κ2) is 7.09. The van der Waals surface area contributed by atoms with Crippen LogP contribution in [0.25, 0.3) is 11.3 Å². The Labute approximate surface area is 142 Å². The maximum Gasteiger partial charge on any atom is 0.255 e. The predicted molar refractivity (Wildman–Crippen MR) is 96.6 cm³/mol. The van der Waals surface area contributed by atoms with E-state index >= 15 is 0 Å². The number of hydrogen-bond acceptors (Lipinski definition) is 2. The number of aromatic nitrogens is 1. The first-order valence-corrected chi connectivity index (χ1v) is 7.97. The van der Waals surface area contributed by atoms with Crippen LogP contribution in [0.5, 0.6) is 0 Å². The summed E-state index contributed by atoms with van der Waals surface area (Å²) in [6.07, 6.45) is 0. The molecule has 0 unspecified atom stereocenters. The van der Waals surface area contributed by atoms with Crippen LogP contribution in [-0.4, -0.2) is 22.8 Å². The molecule has 2 aromatic carbocycles. The van der Waals surface area contributed by atoms with Gasteiger partial charge in [-0.1, -0.05) is 60.7 Å². The molecule has 0 N–H and O–H groups in total. The van der Waals surface area contributed by atoms with E-state index in [9.17, 15) is 4.79 Å². The van der Waals surface area contributed by atoms with E-state index in [2.05, 4.69) is 4.98 Å². The van der Waals surface area contributed by atoms with Gasteiger partial charge in [0.15, 0.2) is 0 Å². The summed E-state index contributed by atoms with van der Waals surface area (Å²) in [6, 6.07) is 23.7. The summed E-state index contributed by atoms with van der Waals surface area (Å²) in [5.41, 5.74) is 4.45. The second-order valence-electron chi connectivity index (χ2n) is 5.84. The first-order valence-electron chi connectivity index (χ1n) is 7.97. The zero-order valence-electron chi connectivity index (χ0n) is 13.9. The average Bonchev–Trinajstić information content (AvgIpc) is 2.62. The Morgan fingerprint density at radius 1 is 0.917 bits per heavy atom. The van der Waals surface area contributed by atoms with Crippen LogP contribution in [0, 0.1) is 6.92 Å². The lowest BCUT2D eigenvalue weighted by molar-refractivity contribution is 0.0784. The molecule has 0 saturated carbocycles. The van der Waals surface area contributed by atoms with Crippen LogP contribution >= 0.6 is 0 Å². The highest BCUT2D eigenvalue weighted by molar-refractivity contribution is 5.95. The highest BCUT2D eigenvalue weighted by Gasteiger charge is 2.16. The minimum atomic E-state index is -0.0107. The van der Waals surface area contributed by atoms with Crippen LogP contribution in [0.2, 0.25) is 0 Å². The van der Waals surface area contributed by atoms with Gasteiger partial charge in [0.1, 0.15) is 0 Å². The molecule has 1 heterocycles. The number of amides is 1. The third kappa shape index (κ3) is 3.51. The Balaban J connectivity index is 1.80. The normalized spacial score (nSPS) is 10.4. The molecule has 0 atom stereocenters. The molecule has 0 aliphatic carbocycles. The number of rotatable bonds is 4. The number of aryl methyl sites for hydroxylation is 1. The molecule has 3 heteroatoms. The van der Waals surface area contributed by atoms with Crippen LogP contribution in [0.15, 0.2) is 72.8 Å². The molecule has 0 spiro atoms. The molecule has 0 radical (unpaired) electrons. The standard InChI is InChI=1S/C21H20N2O/c1-16-19(13-14-20(22-16)18-11-7-4-8-12-18)21(24)23(2)15-17-9-5-3-6-10-17/h3-14H,15H2,1-2H3. The van der Waals surface area contributed by atoms with Gasteiger partial charge in [-0.3, -0.25) is 9.78 Å². The van der Waals surface area contributed by atoms with Gasteiger partial charge in [0, 0.05) is 19.2 Å². The fourth-order valence-electron chi connectivity index (χ4n) is 2.69. The van der Waals surface area contributed by atoms with E-state index in [1.807, 2.05) is 86.8 Å². The Bertz CT molecular complexity index is 829. The van der Waals surface area contributed by atoms with E-state index < -0.39 is 0 Å². The summed E-state index contributed by atoms with van der Waals surface area (Å²) in [5.74, 6) is -0.0107. The third-order valence-electron chi connectivity index (χ3n) is 4.00. The molecule has 120 valence electrons. The van der Waals surface area contributed by atoms with Crippen molar-refractivity contribution < 1.29 is 4.79 Å². The zero-order valence-corrected chi connectivity index (χ0v) is 13.9. The fraction of sp³-hybridized carbons (Fsp3) is 0.143. The summed E-state index contributed by atoms with van der Waals surface area (Å²) in [5, 5.41) is 0. The molecule has 0 aliphatic heterocycles. The third-order valence-corrected chi connectivity index (χ3v) is 4.00. The summed E-state index contributed by atoms with van der Waals surface area (Å²) < 4.78 is 0. The minimum absolute atomic E-state index is 0.0107. The van der Waals surface area contributed by atoms with Crippen LogP contribution in [0.4, 0.5) is 0 Å². The van der Waals surface area contributed by atoms with E-state index in [0.717, 1.165) is 22.5 Å². The summed E-state index contributed by atoms with van der Waals surface area (Å²) in [6.45, 7) is 2.47. The van der Waals surface area contributed by atoms with Crippen molar-refractivity contribution in [1.29, 1.82) is 0 Å². The summed E-state index contributed by atoms with van der Waals surface area (Å²) >= 11 is 0. The molecule has 0 bridgehead atoms. The molecule has 0 saturated heterocycles. The van der Waals surface area contributed by atoms with Crippen molar-refractivity contribution in [3.05, 3.63) is 89.6 Å². The SMILES string of the molecule is Cc1nc(-c2ccccc2)ccc1C(=O)N(C)Cc1ccccc1. The molecular formula is C21H20N2O. The van der Waals surface area contributed by atoms with E-state index in [1.54, 1.807) is 4.90 Å². The van der Waals surface area contributed by atoms with Crippen LogP contribution < -0.4 is 0 Å². The first kappa shape index (κ1) is 15.9. The van der Waals surface area contributed by atoms with Gasteiger partial charge in [0.25, 0.3) is 5.91 Å². The van der Waals surface area contributed by atoms with Crippen LogP contribution in [0.3, 0.4) is 0 Å². The van der Waals surface area contributed by atoms with E-state index in [-0.39, 0.29) is 5.91 Å². The molecule has 24 heavy (non-hydrogen) atoms. The Kier molecular flexibility index (Phi) is 4.71. The van der Waals surface area contributed by atoms with Gasteiger partial charge in [0.2, 0.25) is 0 Å². The van der Waals surface area contributed by atoms with Crippen molar-refractivity contribution in [1.82, 2.24) is 9.88 Å². The summed E-state index contributed by atoms with van der Waals surface area (Å²) in [4.78, 5) is 19.0. The number of carbonyl (C=O) groups excluding carboxylic acids is 1. The Morgan fingerprint density at radius 2 is 1.54 bits per heavy atom. The number of carbonyl (C=O) groups is 1. The van der Waals surface area contributed by atoms with Crippen molar-refractivity contribution in [2.24, 2.45) is 0 Å². The molecule has 3 nitrogen and oxygen atoms in total. The number of pyridine rings is 1.